The van der Waals surface area contributed by atoms with E-state index < -0.39 is 0 Å². The minimum atomic E-state index is -0.116. The van der Waals surface area contributed by atoms with Crippen LogP contribution in [0.5, 0.6) is 0 Å². The van der Waals surface area contributed by atoms with Crippen molar-refractivity contribution >= 4 is 28.9 Å². The van der Waals surface area contributed by atoms with Crippen molar-refractivity contribution in [3.05, 3.63) is 76.1 Å². The predicted molar refractivity (Wildman–Crippen MR) is 166 cm³/mol. The Morgan fingerprint density at radius 1 is 1.07 bits per heavy atom. The molecule has 1 fully saturated rings. The molecule has 40 heavy (non-hydrogen) atoms. The van der Waals surface area contributed by atoms with Crippen LogP contribution >= 0.6 is 11.6 Å². The van der Waals surface area contributed by atoms with Gasteiger partial charge in [0, 0.05) is 73.5 Å². The van der Waals surface area contributed by atoms with E-state index in [4.69, 9.17) is 11.6 Å². The van der Waals surface area contributed by atoms with Crippen LogP contribution in [0.2, 0.25) is 5.02 Å². The van der Waals surface area contributed by atoms with Gasteiger partial charge in [0.15, 0.2) is 0 Å². The number of carbonyl (C=O) groups is 1. The summed E-state index contributed by atoms with van der Waals surface area (Å²) < 4.78 is 0. The molecule has 0 saturated carbocycles. The number of fused-ring (bicyclic) bond motifs is 1. The van der Waals surface area contributed by atoms with E-state index in [1.807, 2.05) is 37.3 Å². The summed E-state index contributed by atoms with van der Waals surface area (Å²) in [4.78, 5) is 24.9. The lowest BCUT2D eigenvalue weighted by Gasteiger charge is -2.38. The van der Waals surface area contributed by atoms with E-state index in [1.165, 1.54) is 22.5 Å². The van der Waals surface area contributed by atoms with E-state index in [0.717, 1.165) is 75.2 Å². The first-order valence-electron chi connectivity index (χ1n) is 14.3. The van der Waals surface area contributed by atoms with Gasteiger partial charge < -0.3 is 25.3 Å². The topological polar surface area (TPSA) is 63.7 Å². The van der Waals surface area contributed by atoms with E-state index in [-0.39, 0.29) is 11.9 Å². The van der Waals surface area contributed by atoms with Gasteiger partial charge in [-0.2, -0.15) is 0 Å². The van der Waals surface area contributed by atoms with Gasteiger partial charge in [0.2, 0.25) is 0 Å². The van der Waals surface area contributed by atoms with Crippen molar-refractivity contribution < 1.29 is 4.79 Å². The number of rotatable bonds is 8. The molecule has 0 radical (unpaired) electrons. The average Bonchev–Trinajstić information content (AvgIpc) is 2.93. The van der Waals surface area contributed by atoms with Crippen molar-refractivity contribution in [2.24, 2.45) is 0 Å². The maximum atomic E-state index is 13.3. The molecule has 8 heteroatoms. The fraction of sp³-hybridized carbons (Fsp3) is 0.438. The van der Waals surface area contributed by atoms with Gasteiger partial charge in [-0.15, -0.1) is 0 Å². The van der Waals surface area contributed by atoms with Crippen molar-refractivity contribution in [3.8, 4) is 11.1 Å². The van der Waals surface area contributed by atoms with Crippen molar-refractivity contribution in [2.75, 3.05) is 70.6 Å². The van der Waals surface area contributed by atoms with Crippen molar-refractivity contribution in [1.82, 2.24) is 20.1 Å². The van der Waals surface area contributed by atoms with E-state index in [0.29, 0.717) is 10.7 Å². The molecule has 1 aliphatic carbocycles. The number of piperazine rings is 1. The van der Waals surface area contributed by atoms with E-state index >= 15 is 0 Å². The second kappa shape index (κ2) is 12.6. The second-order valence-electron chi connectivity index (χ2n) is 11.4. The highest BCUT2D eigenvalue weighted by molar-refractivity contribution is 6.30. The SMILES string of the molecule is Cc1cc(Cl)ccc1-c1ccc(C(=O)N[C@H]2CCc3c(NCCN(C)C)ccc(N4CCN(C)CC4)c3C2)nc1. The molecule has 212 valence electrons. The molecule has 1 amide bonds. The molecule has 1 aliphatic heterocycles. The zero-order valence-corrected chi connectivity index (χ0v) is 24.9. The zero-order chi connectivity index (χ0) is 28.2. The third-order valence-corrected chi connectivity index (χ3v) is 8.38. The lowest BCUT2D eigenvalue weighted by atomic mass is 9.85. The van der Waals surface area contributed by atoms with Crippen molar-refractivity contribution in [3.63, 3.8) is 0 Å². The fourth-order valence-electron chi connectivity index (χ4n) is 5.81. The molecule has 0 bridgehead atoms. The van der Waals surface area contributed by atoms with E-state index in [1.54, 1.807) is 6.20 Å². The Morgan fingerprint density at radius 2 is 1.88 bits per heavy atom. The number of benzene rings is 2. The smallest absolute Gasteiger partial charge is 0.270 e. The summed E-state index contributed by atoms with van der Waals surface area (Å²) in [7, 11) is 6.39. The monoisotopic (exact) mass is 560 g/mol. The molecule has 7 nitrogen and oxygen atoms in total. The Balaban J connectivity index is 1.32. The average molecular weight is 561 g/mol. The summed E-state index contributed by atoms with van der Waals surface area (Å²) >= 11 is 6.12. The highest BCUT2D eigenvalue weighted by Crippen LogP contribution is 2.36. The quantitative estimate of drug-likeness (QED) is 0.415. The largest absolute Gasteiger partial charge is 0.384 e. The Labute approximate surface area is 243 Å². The fourth-order valence-corrected chi connectivity index (χ4v) is 6.03. The number of hydrogen-bond acceptors (Lipinski definition) is 6. The normalized spacial score (nSPS) is 17.6. The number of pyridine rings is 1. The van der Waals surface area contributed by atoms with Gasteiger partial charge in [-0.25, -0.2) is 0 Å². The number of carbonyl (C=O) groups excluding carboxylic acids is 1. The number of nitrogens with zero attached hydrogens (tertiary/aromatic N) is 4. The Kier molecular flexibility index (Phi) is 8.94. The summed E-state index contributed by atoms with van der Waals surface area (Å²) in [6, 6.07) is 14.2. The minimum absolute atomic E-state index is 0.0724. The van der Waals surface area contributed by atoms with Crippen LogP contribution in [0.15, 0.2) is 48.7 Å². The molecule has 2 aliphatic rings. The first-order chi connectivity index (χ1) is 19.3. The molecule has 1 saturated heterocycles. The highest BCUT2D eigenvalue weighted by Gasteiger charge is 2.28. The molecule has 5 rings (SSSR count). The Morgan fingerprint density at radius 3 is 2.58 bits per heavy atom. The Bertz CT molecular complexity index is 1330. The number of likely N-dealkylation sites (N-methyl/N-ethyl adjacent to an activating group) is 2. The van der Waals surface area contributed by atoms with Crippen LogP contribution in [0, 0.1) is 6.92 Å². The van der Waals surface area contributed by atoms with Gasteiger partial charge in [-0.1, -0.05) is 23.7 Å². The van der Waals surface area contributed by atoms with Crippen LogP contribution < -0.4 is 15.5 Å². The van der Waals surface area contributed by atoms with Crippen molar-refractivity contribution in [2.45, 2.75) is 32.2 Å². The van der Waals surface area contributed by atoms with Crippen LogP contribution in [-0.4, -0.2) is 87.1 Å². The molecule has 3 aromatic rings. The molecule has 0 unspecified atom stereocenters. The molecule has 2 heterocycles. The number of aromatic nitrogens is 1. The third kappa shape index (κ3) is 6.60. The zero-order valence-electron chi connectivity index (χ0n) is 24.1. The molecule has 2 N–H and O–H groups in total. The van der Waals surface area contributed by atoms with Crippen LogP contribution in [0.3, 0.4) is 0 Å². The lowest BCUT2D eigenvalue weighted by Crippen LogP contribution is -2.45. The maximum absolute atomic E-state index is 13.3. The summed E-state index contributed by atoms with van der Waals surface area (Å²) in [5, 5.41) is 7.69. The van der Waals surface area contributed by atoms with Gasteiger partial charge >= 0.3 is 0 Å². The summed E-state index contributed by atoms with van der Waals surface area (Å²) in [5.74, 6) is -0.116. The molecular formula is C32H41ClN6O. The molecule has 1 aromatic heterocycles. The molecule has 2 aromatic carbocycles. The molecular weight excluding hydrogens is 520 g/mol. The minimum Gasteiger partial charge on any atom is -0.384 e. The van der Waals surface area contributed by atoms with E-state index in [2.05, 4.69) is 63.6 Å². The van der Waals surface area contributed by atoms with Crippen LogP contribution in [0.25, 0.3) is 11.1 Å². The first-order valence-corrected chi connectivity index (χ1v) is 14.7. The predicted octanol–water partition coefficient (Wildman–Crippen LogP) is 4.72. The second-order valence-corrected chi connectivity index (χ2v) is 11.9. The molecule has 0 spiro atoms. The van der Waals surface area contributed by atoms with Crippen LogP contribution in [0.1, 0.15) is 33.6 Å². The lowest BCUT2D eigenvalue weighted by molar-refractivity contribution is 0.0928. The van der Waals surface area contributed by atoms with Gasteiger partial charge in [0.1, 0.15) is 5.69 Å². The van der Waals surface area contributed by atoms with E-state index in [9.17, 15) is 4.79 Å². The highest BCUT2D eigenvalue weighted by atomic mass is 35.5. The summed E-state index contributed by atoms with van der Waals surface area (Å²) in [6.07, 6.45) is 4.45. The standard InChI is InChI=1S/C32H41ClN6O/c1-22-19-24(33)6-8-26(22)23-5-10-30(35-21-23)32(40)36-25-7-9-27-28(20-25)31(39-17-15-38(4)16-18-39)12-11-29(27)34-13-14-37(2)3/h5-6,8,10-12,19,21,25,34H,7,9,13-18,20H2,1-4H3,(H,36,40)/t25-/m0/s1. The van der Waals surface area contributed by atoms with Gasteiger partial charge in [0.05, 0.1) is 0 Å². The number of nitrogens with one attached hydrogen (secondary N) is 2. The summed E-state index contributed by atoms with van der Waals surface area (Å²) in [5.41, 5.74) is 8.90. The first kappa shape index (κ1) is 28.4. The van der Waals surface area contributed by atoms with Gasteiger partial charge in [0.25, 0.3) is 5.91 Å². The van der Waals surface area contributed by atoms with Crippen molar-refractivity contribution in [1.29, 1.82) is 0 Å². The third-order valence-electron chi connectivity index (χ3n) is 8.15. The van der Waals surface area contributed by atoms with Gasteiger partial charge in [-0.3, -0.25) is 9.78 Å². The number of hydrogen-bond donors (Lipinski definition) is 2. The van der Waals surface area contributed by atoms with Crippen LogP contribution in [-0.2, 0) is 12.8 Å². The number of amides is 1. The van der Waals surface area contributed by atoms with Crippen LogP contribution in [0.4, 0.5) is 11.4 Å². The Hall–Kier alpha value is -3.13. The molecule has 1 atom stereocenters. The number of aryl methyl sites for hydroxylation is 1. The summed E-state index contributed by atoms with van der Waals surface area (Å²) in [6.45, 7) is 8.10. The number of anilines is 2. The maximum Gasteiger partial charge on any atom is 0.270 e. The number of halogens is 1. The van der Waals surface area contributed by atoms with Gasteiger partial charge in [-0.05, 0) is 99.9 Å².